The van der Waals surface area contributed by atoms with Crippen LogP contribution in [0.15, 0.2) is 0 Å². The minimum atomic E-state index is 0. The molecule has 3 fully saturated rings. The number of rotatable bonds is 2. The molecule has 3 saturated heterocycles. The topological polar surface area (TPSA) is 44.8 Å². The van der Waals surface area contributed by atoms with E-state index in [4.69, 9.17) is 4.74 Å². The molecule has 124 valence electrons. The van der Waals surface area contributed by atoms with E-state index in [9.17, 15) is 4.79 Å². The number of hydrogen-bond acceptors (Lipinski definition) is 4. The fraction of sp³-hybridized carbons (Fsp3) is 0.929. The smallest absolute Gasteiger partial charge is 0.227 e. The molecule has 0 aliphatic carbocycles. The van der Waals surface area contributed by atoms with Gasteiger partial charge in [-0.05, 0) is 25.8 Å². The van der Waals surface area contributed by atoms with E-state index >= 15 is 0 Å². The number of carbonyl (C=O) groups is 1. The van der Waals surface area contributed by atoms with Crippen molar-refractivity contribution >= 4 is 30.7 Å². The Labute approximate surface area is 139 Å². The van der Waals surface area contributed by atoms with Crippen LogP contribution in [0.5, 0.6) is 0 Å². The number of halogens is 2. The molecule has 3 rings (SSSR count). The second-order valence-electron chi connectivity index (χ2n) is 5.92. The molecule has 0 radical (unpaired) electrons. The third-order valence-electron chi connectivity index (χ3n) is 4.68. The molecule has 0 bridgehead atoms. The first-order valence-electron chi connectivity index (χ1n) is 7.66. The van der Waals surface area contributed by atoms with Gasteiger partial charge in [-0.3, -0.25) is 9.69 Å². The van der Waals surface area contributed by atoms with Gasteiger partial charge in [0, 0.05) is 38.8 Å². The summed E-state index contributed by atoms with van der Waals surface area (Å²) in [6.07, 6.45) is 3.33. The van der Waals surface area contributed by atoms with E-state index < -0.39 is 0 Å². The first-order chi connectivity index (χ1) is 9.34. The van der Waals surface area contributed by atoms with Gasteiger partial charge in [-0.1, -0.05) is 0 Å². The van der Waals surface area contributed by atoms with Crippen molar-refractivity contribution in [3.8, 4) is 0 Å². The molecule has 5 nitrogen and oxygen atoms in total. The highest BCUT2D eigenvalue weighted by Crippen LogP contribution is 2.21. The molecule has 2 atom stereocenters. The van der Waals surface area contributed by atoms with Crippen LogP contribution in [0.3, 0.4) is 0 Å². The summed E-state index contributed by atoms with van der Waals surface area (Å²) in [5, 5.41) is 3.34. The average molecular weight is 340 g/mol. The van der Waals surface area contributed by atoms with Gasteiger partial charge in [-0.25, -0.2) is 0 Å². The summed E-state index contributed by atoms with van der Waals surface area (Å²) in [6, 6.07) is 0.560. The zero-order valence-corrected chi connectivity index (χ0v) is 14.1. The lowest BCUT2D eigenvalue weighted by atomic mass is 9.98. The normalized spacial score (nSPS) is 30.4. The van der Waals surface area contributed by atoms with Crippen LogP contribution in [0.2, 0.25) is 0 Å². The van der Waals surface area contributed by atoms with Crippen LogP contribution in [-0.4, -0.2) is 74.2 Å². The Morgan fingerprint density at radius 2 is 1.86 bits per heavy atom. The van der Waals surface area contributed by atoms with Crippen LogP contribution < -0.4 is 5.32 Å². The molecule has 1 amide bonds. The van der Waals surface area contributed by atoms with E-state index in [-0.39, 0.29) is 30.7 Å². The standard InChI is InChI=1S/C14H25N3O2.2ClH/c18-14(12-2-1-4-15-10-12)17-5-3-13(11-17)16-6-8-19-9-7-16;;/h12-13,15H,1-11H2;2*1H. The summed E-state index contributed by atoms with van der Waals surface area (Å²) in [5.41, 5.74) is 0. The minimum Gasteiger partial charge on any atom is -0.379 e. The van der Waals surface area contributed by atoms with Crippen LogP contribution in [0.1, 0.15) is 19.3 Å². The van der Waals surface area contributed by atoms with Crippen molar-refractivity contribution in [2.75, 3.05) is 52.5 Å². The molecule has 3 aliphatic heterocycles. The third-order valence-corrected chi connectivity index (χ3v) is 4.68. The number of ether oxygens (including phenoxy) is 1. The predicted molar refractivity (Wildman–Crippen MR) is 87.5 cm³/mol. The maximum absolute atomic E-state index is 12.5. The summed E-state index contributed by atoms with van der Waals surface area (Å²) in [7, 11) is 0. The van der Waals surface area contributed by atoms with E-state index in [2.05, 4.69) is 15.1 Å². The molecule has 3 aliphatic rings. The van der Waals surface area contributed by atoms with Gasteiger partial charge >= 0.3 is 0 Å². The van der Waals surface area contributed by atoms with Crippen molar-refractivity contribution in [2.24, 2.45) is 5.92 Å². The van der Waals surface area contributed by atoms with Gasteiger partial charge in [0.1, 0.15) is 0 Å². The Balaban J connectivity index is 0.00000110. The monoisotopic (exact) mass is 339 g/mol. The summed E-state index contributed by atoms with van der Waals surface area (Å²) in [6.45, 7) is 7.55. The number of carbonyl (C=O) groups excluding carboxylic acids is 1. The van der Waals surface area contributed by atoms with Crippen molar-refractivity contribution in [3.05, 3.63) is 0 Å². The summed E-state index contributed by atoms with van der Waals surface area (Å²) in [4.78, 5) is 17.1. The summed E-state index contributed by atoms with van der Waals surface area (Å²) < 4.78 is 5.40. The van der Waals surface area contributed by atoms with E-state index in [1.807, 2.05) is 0 Å². The number of hydrogen-bond donors (Lipinski definition) is 1. The zero-order valence-electron chi connectivity index (χ0n) is 12.5. The van der Waals surface area contributed by atoms with Crippen LogP contribution in [0.4, 0.5) is 0 Å². The number of nitrogens with zero attached hydrogens (tertiary/aromatic N) is 2. The van der Waals surface area contributed by atoms with Crippen molar-refractivity contribution in [1.29, 1.82) is 0 Å². The van der Waals surface area contributed by atoms with Crippen molar-refractivity contribution in [3.63, 3.8) is 0 Å². The zero-order chi connectivity index (χ0) is 13.1. The van der Waals surface area contributed by atoms with Gasteiger partial charge in [0.05, 0.1) is 19.1 Å². The quantitative estimate of drug-likeness (QED) is 0.806. The Bertz CT molecular complexity index is 321. The van der Waals surface area contributed by atoms with Gasteiger partial charge in [0.15, 0.2) is 0 Å². The van der Waals surface area contributed by atoms with Gasteiger partial charge in [-0.15, -0.1) is 24.8 Å². The second kappa shape index (κ2) is 9.16. The van der Waals surface area contributed by atoms with Crippen LogP contribution >= 0.6 is 24.8 Å². The van der Waals surface area contributed by atoms with Gasteiger partial charge < -0.3 is 15.0 Å². The average Bonchev–Trinajstić information content (AvgIpc) is 2.98. The SMILES string of the molecule is Cl.Cl.O=C(C1CCCNC1)N1CCC(N2CCOCC2)C1. The van der Waals surface area contributed by atoms with E-state index in [0.29, 0.717) is 11.9 Å². The molecule has 7 heteroatoms. The third kappa shape index (κ3) is 4.70. The largest absolute Gasteiger partial charge is 0.379 e. The van der Waals surface area contributed by atoms with E-state index in [0.717, 1.165) is 71.7 Å². The summed E-state index contributed by atoms with van der Waals surface area (Å²) in [5.74, 6) is 0.597. The minimum absolute atomic E-state index is 0. The van der Waals surface area contributed by atoms with Crippen LogP contribution in [-0.2, 0) is 9.53 Å². The Morgan fingerprint density at radius 1 is 1.10 bits per heavy atom. The number of amides is 1. The van der Waals surface area contributed by atoms with Gasteiger partial charge in [0.2, 0.25) is 5.91 Å². The maximum Gasteiger partial charge on any atom is 0.227 e. The predicted octanol–water partition coefficient (Wildman–Crippen LogP) is 0.763. The molecule has 21 heavy (non-hydrogen) atoms. The molecular weight excluding hydrogens is 313 g/mol. The highest BCUT2D eigenvalue weighted by Gasteiger charge is 2.34. The fourth-order valence-corrected chi connectivity index (χ4v) is 3.50. The Hall–Kier alpha value is -0.0700. The molecule has 1 N–H and O–H groups in total. The highest BCUT2D eigenvalue weighted by atomic mass is 35.5. The molecular formula is C14H27Cl2N3O2. The van der Waals surface area contributed by atoms with Crippen molar-refractivity contribution < 1.29 is 9.53 Å². The molecule has 0 aromatic carbocycles. The lowest BCUT2D eigenvalue weighted by Gasteiger charge is -2.32. The number of likely N-dealkylation sites (tertiary alicyclic amines) is 1. The lowest BCUT2D eigenvalue weighted by molar-refractivity contribution is -0.135. The summed E-state index contributed by atoms with van der Waals surface area (Å²) >= 11 is 0. The maximum atomic E-state index is 12.5. The second-order valence-corrected chi connectivity index (χ2v) is 5.92. The van der Waals surface area contributed by atoms with Gasteiger partial charge in [-0.2, -0.15) is 0 Å². The molecule has 2 unspecified atom stereocenters. The number of piperidine rings is 1. The van der Waals surface area contributed by atoms with E-state index in [1.54, 1.807) is 0 Å². The molecule has 3 heterocycles. The van der Waals surface area contributed by atoms with Crippen molar-refractivity contribution in [1.82, 2.24) is 15.1 Å². The molecule has 0 aromatic heterocycles. The van der Waals surface area contributed by atoms with Crippen LogP contribution in [0.25, 0.3) is 0 Å². The van der Waals surface area contributed by atoms with Crippen LogP contribution in [0, 0.1) is 5.92 Å². The van der Waals surface area contributed by atoms with Crippen molar-refractivity contribution in [2.45, 2.75) is 25.3 Å². The molecule has 0 spiro atoms. The lowest BCUT2D eigenvalue weighted by Crippen LogP contribution is -2.46. The Kier molecular flexibility index (Phi) is 8.27. The van der Waals surface area contributed by atoms with Gasteiger partial charge in [0.25, 0.3) is 0 Å². The Morgan fingerprint density at radius 3 is 2.52 bits per heavy atom. The fourth-order valence-electron chi connectivity index (χ4n) is 3.50. The highest BCUT2D eigenvalue weighted by molar-refractivity contribution is 5.85. The first kappa shape index (κ1) is 19.0. The molecule has 0 aromatic rings. The number of morpholine rings is 1. The number of nitrogens with one attached hydrogen (secondary N) is 1. The molecule has 0 saturated carbocycles. The first-order valence-corrected chi connectivity index (χ1v) is 7.66. The van der Waals surface area contributed by atoms with E-state index in [1.165, 1.54) is 0 Å².